The summed E-state index contributed by atoms with van der Waals surface area (Å²) in [6.07, 6.45) is 3.49. The second-order valence-corrected chi connectivity index (χ2v) is 5.92. The van der Waals surface area contributed by atoms with Crippen LogP contribution in [0, 0.1) is 0 Å². The van der Waals surface area contributed by atoms with Gasteiger partial charge >= 0.3 is 0 Å². The number of fused-ring (bicyclic) bond motifs is 1. The third-order valence-corrected chi connectivity index (χ3v) is 4.20. The Morgan fingerprint density at radius 1 is 1.20 bits per heavy atom. The van der Waals surface area contributed by atoms with E-state index in [4.69, 9.17) is 0 Å². The molecule has 0 spiro atoms. The summed E-state index contributed by atoms with van der Waals surface area (Å²) in [5.41, 5.74) is 2.72. The first-order valence-electron chi connectivity index (χ1n) is 8.55. The van der Waals surface area contributed by atoms with E-state index >= 15 is 0 Å². The minimum absolute atomic E-state index is 0.0155. The van der Waals surface area contributed by atoms with Gasteiger partial charge in [0.2, 0.25) is 5.91 Å². The molecule has 130 valence electrons. The molecular weight excluding hydrogens is 316 g/mol. The predicted octanol–water partition coefficient (Wildman–Crippen LogP) is 2.22. The molecule has 0 aliphatic carbocycles. The van der Waals surface area contributed by atoms with Crippen LogP contribution < -0.4 is 15.5 Å². The zero-order valence-corrected chi connectivity index (χ0v) is 14.3. The Morgan fingerprint density at radius 2 is 2.04 bits per heavy atom. The number of hydrogen-bond donors (Lipinski definition) is 2. The van der Waals surface area contributed by atoms with Crippen molar-refractivity contribution in [1.29, 1.82) is 0 Å². The molecule has 0 unspecified atom stereocenters. The maximum Gasteiger partial charge on any atom is 0.252 e. The van der Waals surface area contributed by atoms with Crippen LogP contribution in [0.1, 0.15) is 29.3 Å². The molecule has 2 N–H and O–H groups in total. The van der Waals surface area contributed by atoms with E-state index in [1.807, 2.05) is 30.0 Å². The molecule has 25 heavy (non-hydrogen) atoms. The molecule has 2 amide bonds. The predicted molar refractivity (Wildman–Crippen MR) is 97.8 cm³/mol. The van der Waals surface area contributed by atoms with Crippen molar-refractivity contribution in [2.75, 3.05) is 29.9 Å². The third-order valence-electron chi connectivity index (χ3n) is 4.20. The smallest absolute Gasteiger partial charge is 0.252 e. The van der Waals surface area contributed by atoms with Gasteiger partial charge in [0.1, 0.15) is 5.82 Å². The summed E-state index contributed by atoms with van der Waals surface area (Å²) in [4.78, 5) is 30.3. The summed E-state index contributed by atoms with van der Waals surface area (Å²) in [5, 5.41) is 5.76. The van der Waals surface area contributed by atoms with Gasteiger partial charge < -0.3 is 15.5 Å². The highest BCUT2D eigenvalue weighted by atomic mass is 16.2. The van der Waals surface area contributed by atoms with Crippen molar-refractivity contribution in [3.63, 3.8) is 0 Å². The molecule has 0 saturated heterocycles. The van der Waals surface area contributed by atoms with Crippen LogP contribution in [-0.2, 0) is 11.2 Å². The van der Waals surface area contributed by atoms with Crippen LogP contribution in [0.2, 0.25) is 0 Å². The lowest BCUT2D eigenvalue weighted by Crippen LogP contribution is -2.39. The molecule has 6 nitrogen and oxygen atoms in total. The molecule has 0 atom stereocenters. The van der Waals surface area contributed by atoms with Crippen molar-refractivity contribution in [1.82, 2.24) is 10.3 Å². The molecule has 1 aliphatic rings. The maximum atomic E-state index is 12.6. The summed E-state index contributed by atoms with van der Waals surface area (Å²) in [7, 11) is 0. The molecule has 2 heterocycles. The highest BCUT2D eigenvalue weighted by molar-refractivity contribution is 5.97. The highest BCUT2D eigenvalue weighted by Crippen LogP contribution is 2.26. The van der Waals surface area contributed by atoms with Crippen LogP contribution >= 0.6 is 0 Å². The normalized spacial score (nSPS) is 13.1. The largest absolute Gasteiger partial charge is 0.361 e. The second-order valence-electron chi connectivity index (χ2n) is 5.92. The van der Waals surface area contributed by atoms with Crippen molar-refractivity contribution in [3.05, 3.63) is 53.7 Å². The number of aromatic nitrogens is 1. The molecular formula is C19H22N4O2. The van der Waals surface area contributed by atoms with Crippen LogP contribution in [0.25, 0.3) is 0 Å². The van der Waals surface area contributed by atoms with E-state index in [0.717, 1.165) is 25.1 Å². The lowest BCUT2D eigenvalue weighted by atomic mass is 10.0. The summed E-state index contributed by atoms with van der Waals surface area (Å²) >= 11 is 0. The van der Waals surface area contributed by atoms with Crippen LogP contribution in [0.5, 0.6) is 0 Å². The molecule has 1 aromatic heterocycles. The number of carbonyl (C=O) groups excluding carboxylic acids is 2. The average molecular weight is 338 g/mol. The number of anilines is 2. The first-order chi connectivity index (χ1) is 12.2. The number of amides is 2. The zero-order chi connectivity index (χ0) is 17.6. The fraction of sp³-hybridized carbons (Fsp3) is 0.316. The van der Waals surface area contributed by atoms with Gasteiger partial charge in [-0.05, 0) is 43.5 Å². The van der Waals surface area contributed by atoms with Crippen molar-refractivity contribution < 1.29 is 9.59 Å². The summed E-state index contributed by atoms with van der Waals surface area (Å²) in [6.45, 7) is 3.35. The summed E-state index contributed by atoms with van der Waals surface area (Å²) in [6, 6.07) is 11.4. The SMILES string of the molecule is CCNC(=O)c1ccc(NCC(=O)N2CCCc3ccccc32)nc1. The van der Waals surface area contributed by atoms with E-state index in [1.54, 1.807) is 12.1 Å². The molecule has 0 saturated carbocycles. The van der Waals surface area contributed by atoms with Gasteiger partial charge in [0, 0.05) is 25.0 Å². The number of aryl methyl sites for hydroxylation is 1. The highest BCUT2D eigenvalue weighted by Gasteiger charge is 2.21. The van der Waals surface area contributed by atoms with E-state index in [2.05, 4.69) is 21.7 Å². The number of para-hydroxylation sites is 1. The van der Waals surface area contributed by atoms with Gasteiger partial charge in [-0.3, -0.25) is 9.59 Å². The van der Waals surface area contributed by atoms with Crippen molar-refractivity contribution in [2.24, 2.45) is 0 Å². The van der Waals surface area contributed by atoms with E-state index in [0.29, 0.717) is 17.9 Å². The second kappa shape index (κ2) is 7.79. The van der Waals surface area contributed by atoms with Crippen LogP contribution in [0.15, 0.2) is 42.6 Å². The van der Waals surface area contributed by atoms with Gasteiger partial charge in [0.05, 0.1) is 12.1 Å². The first kappa shape index (κ1) is 17.0. The van der Waals surface area contributed by atoms with Crippen LogP contribution in [0.3, 0.4) is 0 Å². The topological polar surface area (TPSA) is 74.3 Å². The molecule has 3 rings (SSSR count). The quantitative estimate of drug-likeness (QED) is 0.877. The minimum Gasteiger partial charge on any atom is -0.361 e. The summed E-state index contributed by atoms with van der Waals surface area (Å²) in [5.74, 6) is 0.441. The Kier molecular flexibility index (Phi) is 5.28. The molecule has 0 bridgehead atoms. The summed E-state index contributed by atoms with van der Waals surface area (Å²) < 4.78 is 0. The van der Waals surface area contributed by atoms with E-state index < -0.39 is 0 Å². The first-order valence-corrected chi connectivity index (χ1v) is 8.55. The molecule has 2 aromatic rings. The molecule has 0 fully saturated rings. The van der Waals surface area contributed by atoms with E-state index in [-0.39, 0.29) is 18.4 Å². The average Bonchev–Trinajstić information content (AvgIpc) is 2.66. The Hall–Kier alpha value is -2.89. The molecule has 6 heteroatoms. The lowest BCUT2D eigenvalue weighted by Gasteiger charge is -2.29. The Labute approximate surface area is 147 Å². The van der Waals surface area contributed by atoms with Crippen molar-refractivity contribution in [3.8, 4) is 0 Å². The third kappa shape index (κ3) is 3.96. The van der Waals surface area contributed by atoms with Crippen LogP contribution in [-0.4, -0.2) is 36.4 Å². The fourth-order valence-corrected chi connectivity index (χ4v) is 2.95. The van der Waals surface area contributed by atoms with Crippen molar-refractivity contribution in [2.45, 2.75) is 19.8 Å². The number of pyridine rings is 1. The van der Waals surface area contributed by atoms with Gasteiger partial charge in [-0.25, -0.2) is 4.98 Å². The Bertz CT molecular complexity index is 758. The van der Waals surface area contributed by atoms with Gasteiger partial charge in [0.15, 0.2) is 0 Å². The zero-order valence-electron chi connectivity index (χ0n) is 14.3. The van der Waals surface area contributed by atoms with Crippen molar-refractivity contribution >= 4 is 23.3 Å². The Morgan fingerprint density at radius 3 is 2.80 bits per heavy atom. The van der Waals surface area contributed by atoms with Gasteiger partial charge in [-0.2, -0.15) is 0 Å². The number of nitrogens with zero attached hydrogens (tertiary/aromatic N) is 2. The van der Waals surface area contributed by atoms with E-state index in [1.165, 1.54) is 11.8 Å². The fourth-order valence-electron chi connectivity index (χ4n) is 2.95. The lowest BCUT2D eigenvalue weighted by molar-refractivity contribution is -0.117. The molecule has 1 aromatic carbocycles. The number of hydrogen-bond acceptors (Lipinski definition) is 4. The molecule has 1 aliphatic heterocycles. The Balaban J connectivity index is 1.61. The van der Waals surface area contributed by atoms with E-state index in [9.17, 15) is 9.59 Å². The van der Waals surface area contributed by atoms with Gasteiger partial charge in [0.25, 0.3) is 5.91 Å². The number of carbonyl (C=O) groups is 2. The number of benzene rings is 1. The monoisotopic (exact) mass is 338 g/mol. The number of rotatable bonds is 5. The van der Waals surface area contributed by atoms with Gasteiger partial charge in [-0.15, -0.1) is 0 Å². The van der Waals surface area contributed by atoms with Gasteiger partial charge in [-0.1, -0.05) is 18.2 Å². The molecule has 0 radical (unpaired) electrons. The minimum atomic E-state index is -0.150. The standard InChI is InChI=1S/C19H22N4O2/c1-2-20-19(25)15-9-10-17(21-12-15)22-13-18(24)23-11-5-7-14-6-3-4-8-16(14)23/h3-4,6,8-10,12H,2,5,7,11,13H2,1H3,(H,20,25)(H,21,22). The maximum absolute atomic E-state index is 12.6. The van der Waals surface area contributed by atoms with Crippen LogP contribution in [0.4, 0.5) is 11.5 Å². The number of nitrogens with one attached hydrogen (secondary N) is 2.